The molecule has 1 unspecified atom stereocenters. The maximum Gasteiger partial charge on any atom is 0.273 e. The first-order valence-electron chi connectivity index (χ1n) is 8.10. The number of hydrogen-bond donors (Lipinski definition) is 0. The summed E-state index contributed by atoms with van der Waals surface area (Å²) in [6.07, 6.45) is -2.93. The molecule has 0 radical (unpaired) electrons. The molecule has 3 rings (SSSR count). The zero-order valence-electron chi connectivity index (χ0n) is 13.8. The highest BCUT2D eigenvalue weighted by Gasteiger charge is 2.31. The van der Waals surface area contributed by atoms with Crippen LogP contribution in [0.4, 0.5) is 8.78 Å². The van der Waals surface area contributed by atoms with Gasteiger partial charge in [-0.25, -0.2) is 13.8 Å². The van der Waals surface area contributed by atoms with Crippen LogP contribution in [0, 0.1) is 0 Å². The van der Waals surface area contributed by atoms with Crippen molar-refractivity contribution in [2.24, 2.45) is 0 Å². The molecule has 138 valence electrons. The summed E-state index contributed by atoms with van der Waals surface area (Å²) in [5, 5.41) is 0.576. The van der Waals surface area contributed by atoms with E-state index < -0.39 is 24.8 Å². The van der Waals surface area contributed by atoms with Gasteiger partial charge in [0.1, 0.15) is 11.4 Å². The fraction of sp³-hybridized carbons (Fsp3) is 0.333. The normalized spacial score (nSPS) is 17.4. The Kier molecular flexibility index (Phi) is 6.00. The van der Waals surface area contributed by atoms with Crippen molar-refractivity contribution in [3.8, 4) is 11.6 Å². The second kappa shape index (κ2) is 8.42. The first-order valence-corrected chi connectivity index (χ1v) is 8.48. The summed E-state index contributed by atoms with van der Waals surface area (Å²) in [6, 6.07) is 10.8. The summed E-state index contributed by atoms with van der Waals surface area (Å²) in [7, 11) is 0. The molecule has 0 spiro atoms. The molecule has 1 aliphatic rings. The molecule has 2 heterocycles. The highest BCUT2D eigenvalue weighted by molar-refractivity contribution is 6.30. The standard InChI is InChI=1S/C18H17ClF2N2O3/c19-12-4-6-14(7-5-12)26-17-3-1-2-15(22-17)18(24)23-8-9-25-11-13(23)10-16(20)21/h1-7,13,16H,8-11H2. The predicted octanol–water partition coefficient (Wildman–Crippen LogP) is 4.02. The number of nitrogens with zero attached hydrogens (tertiary/aromatic N) is 2. The van der Waals surface area contributed by atoms with Crippen LogP contribution >= 0.6 is 11.6 Å². The highest BCUT2D eigenvalue weighted by Crippen LogP contribution is 2.23. The Morgan fingerprint density at radius 3 is 2.81 bits per heavy atom. The highest BCUT2D eigenvalue weighted by atomic mass is 35.5. The number of carbonyl (C=O) groups is 1. The molecule has 0 aliphatic carbocycles. The summed E-state index contributed by atoms with van der Waals surface area (Å²) in [5.74, 6) is 0.339. The van der Waals surface area contributed by atoms with Crippen molar-refractivity contribution >= 4 is 17.5 Å². The van der Waals surface area contributed by atoms with E-state index in [2.05, 4.69) is 4.98 Å². The predicted molar refractivity (Wildman–Crippen MR) is 92.0 cm³/mol. The summed E-state index contributed by atoms with van der Waals surface area (Å²) in [5.41, 5.74) is 0.137. The molecule has 1 atom stereocenters. The molecule has 2 aromatic rings. The van der Waals surface area contributed by atoms with E-state index in [4.69, 9.17) is 21.1 Å². The summed E-state index contributed by atoms with van der Waals surface area (Å²) in [6.45, 7) is 0.656. The molecule has 5 nitrogen and oxygen atoms in total. The Bertz CT molecular complexity index is 758. The van der Waals surface area contributed by atoms with Crippen LogP contribution in [-0.2, 0) is 4.74 Å². The van der Waals surface area contributed by atoms with Crippen LogP contribution in [0.3, 0.4) is 0 Å². The monoisotopic (exact) mass is 382 g/mol. The number of benzene rings is 1. The molecular weight excluding hydrogens is 366 g/mol. The fourth-order valence-corrected chi connectivity index (χ4v) is 2.81. The third kappa shape index (κ3) is 4.68. The quantitative estimate of drug-likeness (QED) is 0.783. The van der Waals surface area contributed by atoms with Crippen molar-refractivity contribution in [2.75, 3.05) is 19.8 Å². The lowest BCUT2D eigenvalue weighted by atomic mass is 10.1. The molecule has 0 N–H and O–H groups in total. The number of hydrogen-bond acceptors (Lipinski definition) is 4. The van der Waals surface area contributed by atoms with Crippen LogP contribution in [0.2, 0.25) is 5.02 Å². The van der Waals surface area contributed by atoms with Crippen LogP contribution in [0.25, 0.3) is 0 Å². The number of rotatable bonds is 5. The summed E-state index contributed by atoms with van der Waals surface area (Å²) in [4.78, 5) is 18.3. The molecule has 1 saturated heterocycles. The SMILES string of the molecule is O=C(c1cccc(Oc2ccc(Cl)cc2)n1)N1CCOCC1CC(F)F. The van der Waals surface area contributed by atoms with Crippen molar-refractivity contribution in [3.63, 3.8) is 0 Å². The van der Waals surface area contributed by atoms with Gasteiger partial charge < -0.3 is 14.4 Å². The van der Waals surface area contributed by atoms with E-state index in [9.17, 15) is 13.6 Å². The Balaban J connectivity index is 1.75. The van der Waals surface area contributed by atoms with E-state index >= 15 is 0 Å². The third-order valence-corrected chi connectivity index (χ3v) is 4.17. The van der Waals surface area contributed by atoms with Crippen molar-refractivity contribution in [1.29, 1.82) is 0 Å². The number of halogens is 3. The van der Waals surface area contributed by atoms with Crippen LogP contribution in [0.15, 0.2) is 42.5 Å². The second-order valence-electron chi connectivity index (χ2n) is 5.77. The van der Waals surface area contributed by atoms with E-state index in [0.717, 1.165) is 0 Å². The van der Waals surface area contributed by atoms with Gasteiger partial charge in [0, 0.05) is 24.1 Å². The largest absolute Gasteiger partial charge is 0.439 e. The van der Waals surface area contributed by atoms with Gasteiger partial charge in [0.15, 0.2) is 0 Å². The molecule has 0 bridgehead atoms. The summed E-state index contributed by atoms with van der Waals surface area (Å²) < 4.78 is 36.4. The van der Waals surface area contributed by atoms with E-state index in [1.807, 2.05) is 0 Å². The minimum absolute atomic E-state index is 0.0943. The van der Waals surface area contributed by atoms with Gasteiger partial charge in [-0.3, -0.25) is 4.79 Å². The van der Waals surface area contributed by atoms with Crippen LogP contribution in [-0.4, -0.2) is 48.0 Å². The minimum Gasteiger partial charge on any atom is -0.439 e. The Hall–Kier alpha value is -2.25. The Morgan fingerprint density at radius 1 is 1.31 bits per heavy atom. The molecule has 1 aromatic carbocycles. The van der Waals surface area contributed by atoms with Crippen molar-refractivity contribution in [1.82, 2.24) is 9.88 Å². The van der Waals surface area contributed by atoms with Gasteiger partial charge in [-0.15, -0.1) is 0 Å². The molecule has 26 heavy (non-hydrogen) atoms. The van der Waals surface area contributed by atoms with E-state index in [-0.39, 0.29) is 24.7 Å². The van der Waals surface area contributed by atoms with Gasteiger partial charge in [0.2, 0.25) is 12.3 Å². The lowest BCUT2D eigenvalue weighted by Crippen LogP contribution is -2.49. The lowest BCUT2D eigenvalue weighted by molar-refractivity contribution is -0.0218. The Labute approximate surface area is 154 Å². The van der Waals surface area contributed by atoms with E-state index in [1.54, 1.807) is 36.4 Å². The zero-order valence-corrected chi connectivity index (χ0v) is 14.5. The van der Waals surface area contributed by atoms with Gasteiger partial charge in [0.05, 0.1) is 19.3 Å². The van der Waals surface area contributed by atoms with Crippen molar-refractivity contribution in [2.45, 2.75) is 18.9 Å². The van der Waals surface area contributed by atoms with E-state index in [0.29, 0.717) is 17.4 Å². The molecule has 1 amide bonds. The van der Waals surface area contributed by atoms with E-state index in [1.165, 1.54) is 11.0 Å². The van der Waals surface area contributed by atoms with Gasteiger partial charge in [-0.2, -0.15) is 0 Å². The minimum atomic E-state index is -2.51. The zero-order chi connectivity index (χ0) is 18.5. The number of carbonyl (C=O) groups excluding carboxylic acids is 1. The number of alkyl halides is 2. The van der Waals surface area contributed by atoms with Gasteiger partial charge >= 0.3 is 0 Å². The second-order valence-corrected chi connectivity index (χ2v) is 6.21. The third-order valence-electron chi connectivity index (χ3n) is 3.92. The molecule has 1 aromatic heterocycles. The first-order chi connectivity index (χ1) is 12.5. The van der Waals surface area contributed by atoms with Crippen LogP contribution in [0.1, 0.15) is 16.9 Å². The molecule has 1 fully saturated rings. The van der Waals surface area contributed by atoms with Crippen LogP contribution < -0.4 is 4.74 Å². The average Bonchev–Trinajstić information content (AvgIpc) is 2.63. The maximum absolute atomic E-state index is 12.8. The first kappa shape index (κ1) is 18.5. The van der Waals surface area contributed by atoms with Crippen molar-refractivity contribution in [3.05, 3.63) is 53.2 Å². The molecule has 1 aliphatic heterocycles. The molecule has 0 saturated carbocycles. The molecular formula is C18H17ClF2N2O3. The van der Waals surface area contributed by atoms with Crippen LogP contribution in [0.5, 0.6) is 11.6 Å². The average molecular weight is 383 g/mol. The smallest absolute Gasteiger partial charge is 0.273 e. The van der Waals surface area contributed by atoms with Gasteiger partial charge in [0.25, 0.3) is 5.91 Å². The number of amides is 1. The number of ether oxygens (including phenoxy) is 2. The van der Waals surface area contributed by atoms with Gasteiger partial charge in [-0.1, -0.05) is 17.7 Å². The summed E-state index contributed by atoms with van der Waals surface area (Å²) >= 11 is 5.83. The van der Waals surface area contributed by atoms with Crippen molar-refractivity contribution < 1.29 is 23.0 Å². The lowest BCUT2D eigenvalue weighted by Gasteiger charge is -2.35. The molecule has 8 heteroatoms. The number of pyridine rings is 1. The number of morpholine rings is 1. The maximum atomic E-state index is 12.8. The number of aromatic nitrogens is 1. The Morgan fingerprint density at radius 2 is 2.08 bits per heavy atom. The topological polar surface area (TPSA) is 51.7 Å². The fourth-order valence-electron chi connectivity index (χ4n) is 2.68. The van der Waals surface area contributed by atoms with Gasteiger partial charge in [-0.05, 0) is 30.3 Å².